The maximum Gasteiger partial charge on any atom is 0.0393 e. The molecule has 0 aliphatic heterocycles. The van der Waals surface area contributed by atoms with Gasteiger partial charge in [-0.05, 0) is 61.1 Å². The molecule has 2 aliphatic carbocycles. The Balaban J connectivity index is 1.68. The summed E-state index contributed by atoms with van der Waals surface area (Å²) in [5.41, 5.74) is 9.67. The Morgan fingerprint density at radius 2 is 2.11 bits per heavy atom. The molecule has 3 atom stereocenters. The summed E-state index contributed by atoms with van der Waals surface area (Å²) in [5, 5.41) is 0. The Hall–Kier alpha value is -1.02. The van der Waals surface area contributed by atoms with Crippen molar-refractivity contribution in [1.29, 1.82) is 0 Å². The Bertz CT molecular complexity index is 455. The van der Waals surface area contributed by atoms with Crippen LogP contribution in [0.2, 0.25) is 0 Å². The van der Waals surface area contributed by atoms with Gasteiger partial charge in [-0.3, -0.25) is 0 Å². The van der Waals surface area contributed by atoms with Crippen molar-refractivity contribution in [2.75, 3.05) is 18.5 Å². The van der Waals surface area contributed by atoms with Crippen LogP contribution in [0, 0.1) is 24.7 Å². The Morgan fingerprint density at radius 1 is 1.26 bits per heavy atom. The molecule has 0 amide bonds. The van der Waals surface area contributed by atoms with Crippen LogP contribution in [0.3, 0.4) is 0 Å². The zero-order chi connectivity index (χ0) is 13.4. The molecule has 2 aliphatic rings. The largest absolute Gasteiger partial charge is 0.374 e. The zero-order valence-corrected chi connectivity index (χ0v) is 12.2. The van der Waals surface area contributed by atoms with E-state index >= 15 is 0 Å². The van der Waals surface area contributed by atoms with Gasteiger partial charge in [0.05, 0.1) is 0 Å². The summed E-state index contributed by atoms with van der Waals surface area (Å²) in [4.78, 5) is 2.46. The summed E-state index contributed by atoms with van der Waals surface area (Å²) in [7, 11) is 2.25. The predicted molar refractivity (Wildman–Crippen MR) is 81.3 cm³/mol. The normalized spacial score (nSPS) is 28.9. The molecule has 0 saturated heterocycles. The molecule has 0 spiro atoms. The number of aryl methyl sites for hydroxylation is 1. The fraction of sp³-hybridized carbons (Fsp3) is 0.647. The summed E-state index contributed by atoms with van der Waals surface area (Å²) in [6.45, 7) is 4.06. The van der Waals surface area contributed by atoms with Crippen LogP contribution in [0.15, 0.2) is 18.2 Å². The van der Waals surface area contributed by atoms with Crippen molar-refractivity contribution in [2.45, 2.75) is 39.2 Å². The highest BCUT2D eigenvalue weighted by Crippen LogP contribution is 2.48. The second-order valence-electron chi connectivity index (χ2n) is 6.64. The molecule has 2 bridgehead atoms. The molecular formula is C17H26N2. The topological polar surface area (TPSA) is 29.3 Å². The van der Waals surface area contributed by atoms with Crippen molar-refractivity contribution in [1.82, 2.24) is 0 Å². The predicted octanol–water partition coefficient (Wildman–Crippen LogP) is 3.33. The molecular weight excluding hydrogens is 232 g/mol. The van der Waals surface area contributed by atoms with E-state index in [1.54, 1.807) is 0 Å². The second-order valence-corrected chi connectivity index (χ2v) is 6.64. The highest BCUT2D eigenvalue weighted by Gasteiger charge is 2.39. The van der Waals surface area contributed by atoms with Gasteiger partial charge in [-0.15, -0.1) is 0 Å². The third-order valence-corrected chi connectivity index (χ3v) is 5.30. The molecule has 0 radical (unpaired) electrons. The molecule has 1 aromatic rings. The third-order valence-electron chi connectivity index (χ3n) is 5.30. The number of benzene rings is 1. The highest BCUT2D eigenvalue weighted by molar-refractivity contribution is 5.54. The van der Waals surface area contributed by atoms with Gasteiger partial charge in [0, 0.05) is 25.8 Å². The van der Waals surface area contributed by atoms with E-state index in [4.69, 9.17) is 5.73 Å². The Morgan fingerprint density at radius 3 is 2.68 bits per heavy atom. The molecule has 3 unspecified atom stereocenters. The van der Waals surface area contributed by atoms with E-state index in [-0.39, 0.29) is 0 Å². The fourth-order valence-corrected chi connectivity index (χ4v) is 4.32. The molecule has 2 fully saturated rings. The Labute approximate surface area is 117 Å². The molecule has 2 saturated carbocycles. The van der Waals surface area contributed by atoms with Gasteiger partial charge in [-0.25, -0.2) is 0 Å². The van der Waals surface area contributed by atoms with E-state index in [9.17, 15) is 0 Å². The van der Waals surface area contributed by atoms with Crippen molar-refractivity contribution < 1.29 is 0 Å². The minimum absolute atomic E-state index is 0.636. The molecule has 1 aromatic carbocycles. The van der Waals surface area contributed by atoms with Crippen molar-refractivity contribution >= 4 is 5.69 Å². The third kappa shape index (κ3) is 2.51. The van der Waals surface area contributed by atoms with E-state index in [0.29, 0.717) is 6.54 Å². The van der Waals surface area contributed by atoms with Crippen LogP contribution in [-0.4, -0.2) is 13.6 Å². The number of rotatable bonds is 4. The van der Waals surface area contributed by atoms with E-state index in [1.165, 1.54) is 49.0 Å². The number of fused-ring (bicyclic) bond motifs is 2. The van der Waals surface area contributed by atoms with E-state index in [1.807, 2.05) is 0 Å². The number of hydrogen-bond acceptors (Lipinski definition) is 2. The van der Waals surface area contributed by atoms with Crippen LogP contribution in [-0.2, 0) is 6.54 Å². The van der Waals surface area contributed by atoms with Crippen molar-refractivity contribution in [3.63, 3.8) is 0 Å². The van der Waals surface area contributed by atoms with Gasteiger partial charge in [0.25, 0.3) is 0 Å². The fourth-order valence-electron chi connectivity index (χ4n) is 4.32. The standard InChI is InChI=1S/C17H26N2/c1-12-7-14(10-18)4-6-17(12)19(2)11-16-9-13-3-5-15(16)8-13/h4,6-7,13,15-16H,3,5,8-11,18H2,1-2H3. The number of nitrogens with zero attached hydrogens (tertiary/aromatic N) is 1. The van der Waals surface area contributed by atoms with Gasteiger partial charge in [-0.2, -0.15) is 0 Å². The summed E-state index contributed by atoms with van der Waals surface area (Å²) in [6, 6.07) is 6.64. The quantitative estimate of drug-likeness (QED) is 0.897. The number of hydrogen-bond donors (Lipinski definition) is 1. The molecule has 0 aromatic heterocycles. The number of nitrogens with two attached hydrogens (primary N) is 1. The maximum atomic E-state index is 5.70. The Kier molecular flexibility index (Phi) is 3.53. The van der Waals surface area contributed by atoms with Gasteiger partial charge in [0.2, 0.25) is 0 Å². The van der Waals surface area contributed by atoms with E-state index in [2.05, 4.69) is 37.1 Å². The van der Waals surface area contributed by atoms with Crippen molar-refractivity contribution in [3.8, 4) is 0 Å². The first-order valence-electron chi connectivity index (χ1n) is 7.68. The zero-order valence-electron chi connectivity index (χ0n) is 12.2. The number of anilines is 1. The lowest BCUT2D eigenvalue weighted by atomic mass is 9.88. The van der Waals surface area contributed by atoms with Gasteiger partial charge in [0.1, 0.15) is 0 Å². The van der Waals surface area contributed by atoms with Crippen LogP contribution in [0.25, 0.3) is 0 Å². The molecule has 2 heteroatoms. The first kappa shape index (κ1) is 13.0. The van der Waals surface area contributed by atoms with Crippen molar-refractivity contribution in [3.05, 3.63) is 29.3 Å². The van der Waals surface area contributed by atoms with Crippen LogP contribution >= 0.6 is 0 Å². The highest BCUT2D eigenvalue weighted by atomic mass is 15.1. The smallest absolute Gasteiger partial charge is 0.0393 e. The van der Waals surface area contributed by atoms with Crippen LogP contribution in [0.5, 0.6) is 0 Å². The van der Waals surface area contributed by atoms with Gasteiger partial charge in [-0.1, -0.05) is 18.6 Å². The minimum atomic E-state index is 0.636. The van der Waals surface area contributed by atoms with E-state index in [0.717, 1.165) is 17.8 Å². The van der Waals surface area contributed by atoms with Crippen LogP contribution < -0.4 is 10.6 Å². The summed E-state index contributed by atoms with van der Waals surface area (Å²) in [5.74, 6) is 2.98. The molecule has 3 rings (SSSR count). The van der Waals surface area contributed by atoms with Gasteiger partial charge >= 0.3 is 0 Å². The molecule has 0 heterocycles. The van der Waals surface area contributed by atoms with Gasteiger partial charge < -0.3 is 10.6 Å². The van der Waals surface area contributed by atoms with Crippen LogP contribution in [0.4, 0.5) is 5.69 Å². The average molecular weight is 258 g/mol. The van der Waals surface area contributed by atoms with Crippen molar-refractivity contribution in [2.24, 2.45) is 23.5 Å². The summed E-state index contributed by atoms with van der Waals surface area (Å²) in [6.07, 6.45) is 5.95. The first-order valence-corrected chi connectivity index (χ1v) is 7.68. The van der Waals surface area contributed by atoms with Gasteiger partial charge in [0.15, 0.2) is 0 Å². The molecule has 2 N–H and O–H groups in total. The van der Waals surface area contributed by atoms with E-state index < -0.39 is 0 Å². The summed E-state index contributed by atoms with van der Waals surface area (Å²) >= 11 is 0. The lowest BCUT2D eigenvalue weighted by Gasteiger charge is -2.29. The van der Waals surface area contributed by atoms with Crippen LogP contribution in [0.1, 0.15) is 36.8 Å². The molecule has 19 heavy (non-hydrogen) atoms. The lowest BCUT2D eigenvalue weighted by molar-refractivity contribution is 0.337. The second kappa shape index (κ2) is 5.16. The lowest BCUT2D eigenvalue weighted by Crippen LogP contribution is -2.29. The maximum absolute atomic E-state index is 5.70. The minimum Gasteiger partial charge on any atom is -0.374 e. The average Bonchev–Trinajstić information content (AvgIpc) is 3.00. The molecule has 104 valence electrons. The summed E-state index contributed by atoms with van der Waals surface area (Å²) < 4.78 is 0. The SMILES string of the molecule is Cc1cc(CN)ccc1N(C)CC1CC2CCC1C2. The molecule has 2 nitrogen and oxygen atoms in total. The monoisotopic (exact) mass is 258 g/mol. The first-order chi connectivity index (χ1) is 9.17.